The average Bonchev–Trinajstić information content (AvgIpc) is 2.18. The molecule has 0 aliphatic carbocycles. The van der Waals surface area contributed by atoms with Crippen molar-refractivity contribution in [3.8, 4) is 0 Å². The summed E-state index contributed by atoms with van der Waals surface area (Å²) in [4.78, 5) is 21.2. The van der Waals surface area contributed by atoms with Crippen LogP contribution in [0.5, 0.6) is 0 Å². The predicted octanol–water partition coefficient (Wildman–Crippen LogP) is 1.18. The fourth-order valence-corrected chi connectivity index (χ4v) is 1.18. The Labute approximate surface area is 91.0 Å². The maximum Gasteiger partial charge on any atom is 0.423 e. The number of hydrogen-bond donors (Lipinski definition) is 3. The highest BCUT2D eigenvalue weighted by molar-refractivity contribution is 6.31. The molecule has 1 rings (SSSR count). The van der Waals surface area contributed by atoms with Crippen molar-refractivity contribution in [1.82, 2.24) is 10.9 Å². The third-order valence-corrected chi connectivity index (χ3v) is 1.99. The number of hydrazine groups is 1. The normalized spacial score (nSPS) is 9.40. The summed E-state index contributed by atoms with van der Waals surface area (Å²) < 4.78 is 0. The molecule has 3 N–H and O–H groups in total. The second kappa shape index (κ2) is 5.21. The second-order valence-electron chi connectivity index (χ2n) is 2.75. The minimum Gasteiger partial charge on any atom is -0.464 e. The van der Waals surface area contributed by atoms with Gasteiger partial charge in [-0.3, -0.25) is 10.2 Å². The predicted molar refractivity (Wildman–Crippen MR) is 54.5 cm³/mol. The molecule has 0 unspecified atom stereocenters. The third kappa shape index (κ3) is 3.86. The summed E-state index contributed by atoms with van der Waals surface area (Å²) in [5.41, 5.74) is 4.41. The Balaban J connectivity index is 2.52. The Morgan fingerprint density at radius 3 is 2.53 bits per heavy atom. The van der Waals surface area contributed by atoms with Crippen molar-refractivity contribution < 1.29 is 14.7 Å². The number of amides is 2. The van der Waals surface area contributed by atoms with Gasteiger partial charge in [0.1, 0.15) is 0 Å². The zero-order chi connectivity index (χ0) is 11.3. The molecule has 0 fully saturated rings. The fraction of sp³-hybridized carbons (Fsp3) is 0.111. The van der Waals surface area contributed by atoms with Crippen molar-refractivity contribution in [3.63, 3.8) is 0 Å². The second-order valence-corrected chi connectivity index (χ2v) is 3.15. The number of halogens is 1. The first-order valence-corrected chi connectivity index (χ1v) is 4.48. The van der Waals surface area contributed by atoms with Crippen LogP contribution < -0.4 is 10.9 Å². The Morgan fingerprint density at radius 2 is 1.93 bits per heavy atom. The minimum absolute atomic E-state index is 0.0277. The van der Waals surface area contributed by atoms with E-state index in [1.54, 1.807) is 29.7 Å². The molecule has 0 aromatic heterocycles. The summed E-state index contributed by atoms with van der Waals surface area (Å²) in [6, 6.07) is 6.86. The van der Waals surface area contributed by atoms with Gasteiger partial charge >= 0.3 is 6.09 Å². The molecular formula is C9H9ClN2O3. The first kappa shape index (κ1) is 11.3. The van der Waals surface area contributed by atoms with E-state index in [-0.39, 0.29) is 6.42 Å². The van der Waals surface area contributed by atoms with Gasteiger partial charge in [0.15, 0.2) is 0 Å². The molecule has 6 heteroatoms. The zero-order valence-electron chi connectivity index (χ0n) is 7.66. The highest BCUT2D eigenvalue weighted by Crippen LogP contribution is 2.14. The van der Waals surface area contributed by atoms with Gasteiger partial charge < -0.3 is 5.11 Å². The van der Waals surface area contributed by atoms with Crippen LogP contribution in [0, 0.1) is 0 Å². The first-order chi connectivity index (χ1) is 7.09. The maximum atomic E-state index is 11.2. The molecule has 1 aromatic carbocycles. The molecule has 80 valence electrons. The molecular weight excluding hydrogens is 220 g/mol. The molecule has 0 atom stereocenters. The first-order valence-electron chi connectivity index (χ1n) is 4.11. The molecule has 0 heterocycles. The van der Waals surface area contributed by atoms with Crippen molar-refractivity contribution in [3.05, 3.63) is 34.9 Å². The van der Waals surface area contributed by atoms with Crippen molar-refractivity contribution >= 4 is 23.6 Å². The van der Waals surface area contributed by atoms with Gasteiger partial charge in [-0.15, -0.1) is 0 Å². The van der Waals surface area contributed by atoms with Gasteiger partial charge in [-0.05, 0) is 11.6 Å². The van der Waals surface area contributed by atoms with E-state index in [2.05, 4.69) is 0 Å². The number of rotatable bonds is 2. The SMILES string of the molecule is O=C(O)NNC(=O)Cc1ccccc1Cl. The van der Waals surface area contributed by atoms with E-state index in [1.165, 1.54) is 0 Å². The molecule has 0 aliphatic heterocycles. The van der Waals surface area contributed by atoms with E-state index in [0.717, 1.165) is 0 Å². The van der Waals surface area contributed by atoms with E-state index < -0.39 is 12.0 Å². The Kier molecular flexibility index (Phi) is 3.93. The quantitative estimate of drug-likeness (QED) is 0.665. The lowest BCUT2D eigenvalue weighted by Crippen LogP contribution is -2.41. The lowest BCUT2D eigenvalue weighted by atomic mass is 10.1. The molecule has 5 nitrogen and oxygen atoms in total. The molecule has 0 bridgehead atoms. The van der Waals surface area contributed by atoms with Crippen LogP contribution in [-0.2, 0) is 11.2 Å². The van der Waals surface area contributed by atoms with Crippen LogP contribution in [-0.4, -0.2) is 17.1 Å². The molecule has 0 saturated heterocycles. The fourth-order valence-electron chi connectivity index (χ4n) is 0.982. The van der Waals surface area contributed by atoms with Gasteiger partial charge in [0.05, 0.1) is 6.42 Å². The van der Waals surface area contributed by atoms with E-state index in [4.69, 9.17) is 16.7 Å². The van der Waals surface area contributed by atoms with E-state index >= 15 is 0 Å². The van der Waals surface area contributed by atoms with Gasteiger partial charge in [-0.25, -0.2) is 10.2 Å². The summed E-state index contributed by atoms with van der Waals surface area (Å²) in [6.07, 6.45) is -1.29. The number of carbonyl (C=O) groups excluding carboxylic acids is 1. The lowest BCUT2D eigenvalue weighted by molar-refractivity contribution is -0.121. The van der Waals surface area contributed by atoms with Crippen molar-refractivity contribution in [1.29, 1.82) is 0 Å². The molecule has 0 aliphatic rings. The van der Waals surface area contributed by atoms with Gasteiger partial charge in [0.2, 0.25) is 5.91 Å². The number of hydrogen-bond acceptors (Lipinski definition) is 2. The highest BCUT2D eigenvalue weighted by atomic mass is 35.5. The maximum absolute atomic E-state index is 11.2. The van der Waals surface area contributed by atoms with Crippen LogP contribution >= 0.6 is 11.6 Å². The summed E-state index contributed by atoms with van der Waals surface area (Å²) in [7, 11) is 0. The summed E-state index contributed by atoms with van der Waals surface area (Å²) in [6.45, 7) is 0. The summed E-state index contributed by atoms with van der Waals surface area (Å²) >= 11 is 5.81. The Bertz CT molecular complexity index is 381. The van der Waals surface area contributed by atoms with Gasteiger partial charge in [0, 0.05) is 5.02 Å². The lowest BCUT2D eigenvalue weighted by Gasteiger charge is -2.05. The number of benzene rings is 1. The van der Waals surface area contributed by atoms with E-state index in [9.17, 15) is 9.59 Å². The smallest absolute Gasteiger partial charge is 0.423 e. The largest absolute Gasteiger partial charge is 0.464 e. The van der Waals surface area contributed by atoms with Crippen LogP contribution in [0.1, 0.15) is 5.56 Å². The molecule has 0 radical (unpaired) electrons. The molecule has 2 amide bonds. The van der Waals surface area contributed by atoms with Crippen molar-refractivity contribution in [2.24, 2.45) is 0 Å². The number of nitrogens with one attached hydrogen (secondary N) is 2. The van der Waals surface area contributed by atoms with Crippen LogP contribution in [0.2, 0.25) is 5.02 Å². The highest BCUT2D eigenvalue weighted by Gasteiger charge is 2.06. The third-order valence-electron chi connectivity index (χ3n) is 1.62. The molecule has 1 aromatic rings. The standard InChI is InChI=1S/C9H9ClN2O3/c10-7-4-2-1-3-6(7)5-8(13)11-12-9(14)15/h1-4,12H,5H2,(H,11,13)(H,14,15). The topological polar surface area (TPSA) is 78.4 Å². The van der Waals surface area contributed by atoms with Crippen LogP contribution in [0.15, 0.2) is 24.3 Å². The zero-order valence-corrected chi connectivity index (χ0v) is 8.41. The molecule has 15 heavy (non-hydrogen) atoms. The van der Waals surface area contributed by atoms with E-state index in [0.29, 0.717) is 10.6 Å². The van der Waals surface area contributed by atoms with Gasteiger partial charge in [0.25, 0.3) is 0 Å². The molecule has 0 saturated carbocycles. The Hall–Kier alpha value is -1.75. The Morgan fingerprint density at radius 1 is 1.27 bits per heavy atom. The van der Waals surface area contributed by atoms with Crippen molar-refractivity contribution in [2.75, 3.05) is 0 Å². The monoisotopic (exact) mass is 228 g/mol. The molecule has 0 spiro atoms. The average molecular weight is 229 g/mol. The van der Waals surface area contributed by atoms with Crippen LogP contribution in [0.3, 0.4) is 0 Å². The van der Waals surface area contributed by atoms with Gasteiger partial charge in [-0.2, -0.15) is 0 Å². The summed E-state index contributed by atoms with van der Waals surface area (Å²) in [5, 5.41) is 8.71. The van der Waals surface area contributed by atoms with Gasteiger partial charge in [-0.1, -0.05) is 29.8 Å². The number of carboxylic acid groups (broad SMARTS) is 1. The van der Waals surface area contributed by atoms with E-state index in [1.807, 2.05) is 5.43 Å². The number of carbonyl (C=O) groups is 2. The summed E-state index contributed by atoms with van der Waals surface area (Å²) in [5.74, 6) is -0.467. The van der Waals surface area contributed by atoms with Crippen LogP contribution in [0.4, 0.5) is 4.79 Å². The van der Waals surface area contributed by atoms with Crippen LogP contribution in [0.25, 0.3) is 0 Å². The minimum atomic E-state index is -1.32. The van der Waals surface area contributed by atoms with Crippen molar-refractivity contribution in [2.45, 2.75) is 6.42 Å².